The van der Waals surface area contributed by atoms with E-state index in [4.69, 9.17) is 11.6 Å². The third kappa shape index (κ3) is 5.27. The molecule has 0 radical (unpaired) electrons. The molecule has 2 aromatic heterocycles. The van der Waals surface area contributed by atoms with E-state index < -0.39 is 0 Å². The predicted octanol–water partition coefficient (Wildman–Crippen LogP) is 5.95. The summed E-state index contributed by atoms with van der Waals surface area (Å²) in [4.78, 5) is 4.07. The summed E-state index contributed by atoms with van der Waals surface area (Å²) in [6.45, 7) is 6.81. The first-order chi connectivity index (χ1) is 12.9. The molecule has 0 atom stereocenters. The van der Waals surface area contributed by atoms with Crippen molar-refractivity contribution >= 4 is 23.5 Å². The van der Waals surface area contributed by atoms with E-state index in [9.17, 15) is 4.39 Å². The number of hydrogen-bond donors (Lipinski definition) is 0. The van der Waals surface area contributed by atoms with Crippen LogP contribution in [0.4, 0.5) is 4.39 Å². The van der Waals surface area contributed by atoms with Gasteiger partial charge in [0.1, 0.15) is 10.8 Å². The summed E-state index contributed by atoms with van der Waals surface area (Å²) >= 11 is 5.81. The first-order valence-corrected chi connectivity index (χ1v) is 9.40. The molecule has 5 heteroatoms. The summed E-state index contributed by atoms with van der Waals surface area (Å²) < 4.78 is 16.4. The average Bonchev–Trinajstić information content (AvgIpc) is 2.99. The molecule has 140 valence electrons. The van der Waals surface area contributed by atoms with Crippen molar-refractivity contribution in [2.24, 2.45) is 5.92 Å². The van der Waals surface area contributed by atoms with Gasteiger partial charge in [0.05, 0.1) is 6.54 Å². The van der Waals surface area contributed by atoms with E-state index >= 15 is 0 Å². The summed E-state index contributed by atoms with van der Waals surface area (Å²) in [5.74, 6) is 0.258. The van der Waals surface area contributed by atoms with Gasteiger partial charge in [-0.25, -0.2) is 9.37 Å². The van der Waals surface area contributed by atoms with Gasteiger partial charge in [0.15, 0.2) is 5.83 Å². The monoisotopic (exact) mass is 383 g/mol. The molecule has 0 bridgehead atoms. The quantitative estimate of drug-likeness (QED) is 0.492. The number of aromatic nitrogens is 3. The third-order valence-electron chi connectivity index (χ3n) is 4.26. The Morgan fingerprint density at radius 3 is 2.48 bits per heavy atom. The number of benzene rings is 1. The lowest BCUT2D eigenvalue weighted by Gasteiger charge is -2.05. The maximum atomic E-state index is 14.7. The van der Waals surface area contributed by atoms with Gasteiger partial charge in [-0.3, -0.25) is 4.68 Å². The van der Waals surface area contributed by atoms with Gasteiger partial charge < -0.3 is 0 Å². The van der Waals surface area contributed by atoms with Crippen molar-refractivity contribution in [3.8, 4) is 0 Å². The second-order valence-corrected chi connectivity index (χ2v) is 7.54. The van der Waals surface area contributed by atoms with E-state index in [0.717, 1.165) is 23.2 Å². The molecule has 0 aliphatic heterocycles. The van der Waals surface area contributed by atoms with E-state index in [0.29, 0.717) is 23.3 Å². The highest BCUT2D eigenvalue weighted by Gasteiger charge is 2.10. The minimum absolute atomic E-state index is 0.334. The fourth-order valence-electron chi connectivity index (χ4n) is 2.90. The molecule has 0 aliphatic rings. The lowest BCUT2D eigenvalue weighted by atomic mass is 10.0. The normalized spacial score (nSPS) is 12.0. The van der Waals surface area contributed by atoms with Crippen LogP contribution in [0.1, 0.15) is 41.9 Å². The van der Waals surface area contributed by atoms with E-state index in [1.807, 2.05) is 25.1 Å². The molecule has 3 nitrogen and oxygen atoms in total. The Morgan fingerprint density at radius 1 is 1.15 bits per heavy atom. The highest BCUT2D eigenvalue weighted by molar-refractivity contribution is 6.29. The lowest BCUT2D eigenvalue weighted by Crippen LogP contribution is -2.04. The molecule has 2 heterocycles. The number of pyridine rings is 1. The SMILES string of the molecule is Cc1cc(C(F)=Cc2ccc(CC(C)C)cc2)nn1Cc1ccc(Cl)nc1. The van der Waals surface area contributed by atoms with Crippen molar-refractivity contribution in [3.05, 3.63) is 81.9 Å². The summed E-state index contributed by atoms with van der Waals surface area (Å²) in [6.07, 6.45) is 4.25. The van der Waals surface area contributed by atoms with Crippen molar-refractivity contribution in [1.82, 2.24) is 14.8 Å². The Labute approximate surface area is 164 Å². The Morgan fingerprint density at radius 2 is 1.85 bits per heavy atom. The first-order valence-electron chi connectivity index (χ1n) is 9.02. The molecule has 27 heavy (non-hydrogen) atoms. The Hall–Kier alpha value is -2.46. The minimum Gasteiger partial charge on any atom is -0.265 e. The number of aryl methyl sites for hydroxylation is 1. The van der Waals surface area contributed by atoms with Crippen LogP contribution in [0.2, 0.25) is 5.15 Å². The van der Waals surface area contributed by atoms with Crippen LogP contribution < -0.4 is 0 Å². The zero-order chi connectivity index (χ0) is 19.4. The molecule has 0 saturated carbocycles. The van der Waals surface area contributed by atoms with Crippen molar-refractivity contribution in [1.29, 1.82) is 0 Å². The largest absolute Gasteiger partial charge is 0.265 e. The second-order valence-electron chi connectivity index (χ2n) is 7.15. The average molecular weight is 384 g/mol. The molecular weight excluding hydrogens is 361 g/mol. The van der Waals surface area contributed by atoms with Crippen LogP contribution in [0, 0.1) is 12.8 Å². The number of nitrogens with zero attached hydrogens (tertiary/aromatic N) is 3. The van der Waals surface area contributed by atoms with E-state index in [1.54, 1.807) is 23.0 Å². The van der Waals surface area contributed by atoms with Gasteiger partial charge in [0.25, 0.3) is 0 Å². The summed E-state index contributed by atoms with van der Waals surface area (Å²) in [5, 5.41) is 4.84. The fraction of sp³-hybridized carbons (Fsp3) is 0.273. The third-order valence-corrected chi connectivity index (χ3v) is 4.49. The lowest BCUT2D eigenvalue weighted by molar-refractivity contribution is 0.647. The maximum absolute atomic E-state index is 14.7. The minimum atomic E-state index is -0.345. The summed E-state index contributed by atoms with van der Waals surface area (Å²) in [6, 6.07) is 13.4. The van der Waals surface area contributed by atoms with Crippen LogP contribution in [-0.2, 0) is 13.0 Å². The van der Waals surface area contributed by atoms with Crippen LogP contribution in [0.5, 0.6) is 0 Å². The van der Waals surface area contributed by atoms with Crippen molar-refractivity contribution in [2.75, 3.05) is 0 Å². The standard InChI is InChI=1S/C22H23ClFN3/c1-15(2)10-17-4-6-18(7-5-17)12-20(24)21-11-16(3)27(26-21)14-19-8-9-22(23)25-13-19/h4-9,11-13,15H,10,14H2,1-3H3. The molecule has 3 aromatic rings. The number of halogens is 2. The molecule has 0 amide bonds. The topological polar surface area (TPSA) is 30.7 Å². The number of rotatable bonds is 6. The smallest absolute Gasteiger partial charge is 0.151 e. The van der Waals surface area contributed by atoms with Crippen LogP contribution in [0.25, 0.3) is 11.9 Å². The van der Waals surface area contributed by atoms with Gasteiger partial charge in [0, 0.05) is 11.9 Å². The summed E-state index contributed by atoms with van der Waals surface area (Å²) in [5.41, 5.74) is 4.27. The zero-order valence-corrected chi connectivity index (χ0v) is 16.5. The van der Waals surface area contributed by atoms with Crippen LogP contribution >= 0.6 is 11.6 Å². The van der Waals surface area contributed by atoms with E-state index in [-0.39, 0.29) is 5.83 Å². The van der Waals surface area contributed by atoms with Crippen molar-refractivity contribution in [2.45, 2.75) is 33.7 Å². The summed E-state index contributed by atoms with van der Waals surface area (Å²) in [7, 11) is 0. The highest BCUT2D eigenvalue weighted by Crippen LogP contribution is 2.21. The molecule has 0 spiro atoms. The molecule has 0 aliphatic carbocycles. The Bertz CT molecular complexity index is 925. The molecule has 1 aromatic carbocycles. The van der Waals surface area contributed by atoms with Crippen LogP contribution in [0.15, 0.2) is 48.7 Å². The molecular formula is C22H23ClFN3. The molecule has 0 saturated heterocycles. The fourth-order valence-corrected chi connectivity index (χ4v) is 3.01. The van der Waals surface area contributed by atoms with Crippen molar-refractivity contribution in [3.63, 3.8) is 0 Å². The second kappa shape index (κ2) is 8.49. The number of hydrogen-bond acceptors (Lipinski definition) is 2. The molecule has 0 unspecified atom stereocenters. The Balaban J connectivity index is 1.75. The van der Waals surface area contributed by atoms with Gasteiger partial charge in [-0.1, -0.05) is 55.8 Å². The first kappa shape index (κ1) is 19.3. The van der Waals surface area contributed by atoms with Crippen molar-refractivity contribution < 1.29 is 4.39 Å². The highest BCUT2D eigenvalue weighted by atomic mass is 35.5. The Kier molecular flexibility index (Phi) is 6.07. The van der Waals surface area contributed by atoms with Gasteiger partial charge >= 0.3 is 0 Å². The van der Waals surface area contributed by atoms with E-state index in [1.165, 1.54) is 11.6 Å². The van der Waals surface area contributed by atoms with Gasteiger partial charge in [0.2, 0.25) is 0 Å². The molecule has 3 rings (SSSR count). The van der Waals surface area contributed by atoms with E-state index in [2.05, 4.69) is 36.1 Å². The van der Waals surface area contributed by atoms with Crippen LogP contribution in [0.3, 0.4) is 0 Å². The molecule has 0 fully saturated rings. The molecule has 0 N–H and O–H groups in total. The zero-order valence-electron chi connectivity index (χ0n) is 15.8. The van der Waals surface area contributed by atoms with Gasteiger partial charge in [-0.15, -0.1) is 0 Å². The van der Waals surface area contributed by atoms with Gasteiger partial charge in [-0.05, 0) is 54.2 Å². The maximum Gasteiger partial charge on any atom is 0.151 e. The van der Waals surface area contributed by atoms with Gasteiger partial charge in [-0.2, -0.15) is 5.10 Å². The van der Waals surface area contributed by atoms with Crippen LogP contribution in [-0.4, -0.2) is 14.8 Å². The predicted molar refractivity (Wildman–Crippen MR) is 109 cm³/mol.